The average molecular weight is 261 g/mol. The van der Waals surface area contributed by atoms with E-state index >= 15 is 0 Å². The second-order valence-electron chi connectivity index (χ2n) is 5.34. The van der Waals surface area contributed by atoms with E-state index in [4.69, 9.17) is 9.57 Å². The third kappa shape index (κ3) is 2.32. The van der Waals surface area contributed by atoms with Crippen LogP contribution >= 0.6 is 0 Å². The number of hydrogen-bond donors (Lipinski definition) is 1. The number of ether oxygens (including phenoxy) is 1. The van der Waals surface area contributed by atoms with E-state index in [2.05, 4.69) is 5.48 Å². The molecule has 1 saturated heterocycles. The molecule has 1 aliphatic carbocycles. The van der Waals surface area contributed by atoms with Crippen molar-refractivity contribution >= 4 is 5.97 Å². The topological polar surface area (TPSA) is 47.6 Å². The number of hydroxylamine groups is 1. The van der Waals surface area contributed by atoms with E-state index in [1.165, 1.54) is 6.42 Å². The van der Waals surface area contributed by atoms with Crippen molar-refractivity contribution in [2.75, 3.05) is 7.11 Å². The molecule has 1 aromatic carbocycles. The minimum atomic E-state index is -0.0885. The molecule has 4 nitrogen and oxygen atoms in total. The first-order valence-corrected chi connectivity index (χ1v) is 6.90. The van der Waals surface area contributed by atoms with Crippen LogP contribution in [0, 0.1) is 11.8 Å². The smallest absolute Gasteiger partial charge is 0.328 e. The first kappa shape index (κ1) is 12.5. The van der Waals surface area contributed by atoms with Crippen LogP contribution in [0.4, 0.5) is 0 Å². The molecular weight excluding hydrogens is 242 g/mol. The van der Waals surface area contributed by atoms with E-state index < -0.39 is 0 Å². The van der Waals surface area contributed by atoms with Crippen LogP contribution in [0.15, 0.2) is 24.3 Å². The van der Waals surface area contributed by atoms with Crippen molar-refractivity contribution in [1.82, 2.24) is 5.48 Å². The Morgan fingerprint density at radius 3 is 2.68 bits per heavy atom. The minimum absolute atomic E-state index is 0.0575. The summed E-state index contributed by atoms with van der Waals surface area (Å²) in [5.74, 6) is 1.16. The predicted molar refractivity (Wildman–Crippen MR) is 70.4 cm³/mol. The number of fused-ring (bicyclic) bond motifs is 1. The van der Waals surface area contributed by atoms with Gasteiger partial charge in [-0.25, -0.2) is 0 Å². The summed E-state index contributed by atoms with van der Waals surface area (Å²) in [6.45, 7) is 0. The minimum Gasteiger partial charge on any atom is -0.497 e. The molecule has 1 heterocycles. The molecule has 1 N–H and O–H groups in total. The molecule has 1 aliphatic heterocycles. The zero-order valence-corrected chi connectivity index (χ0v) is 11.1. The van der Waals surface area contributed by atoms with Crippen LogP contribution in [0.3, 0.4) is 0 Å². The lowest BCUT2D eigenvalue weighted by Crippen LogP contribution is -2.46. The number of carbonyl (C=O) groups is 1. The van der Waals surface area contributed by atoms with Crippen molar-refractivity contribution in [3.63, 3.8) is 0 Å². The first-order valence-electron chi connectivity index (χ1n) is 6.90. The molecule has 0 aromatic heterocycles. The predicted octanol–water partition coefficient (Wildman–Crippen LogP) is 2.60. The zero-order valence-electron chi connectivity index (χ0n) is 11.1. The molecule has 0 radical (unpaired) electrons. The fourth-order valence-electron chi connectivity index (χ4n) is 3.26. The van der Waals surface area contributed by atoms with Gasteiger partial charge in [0.15, 0.2) is 0 Å². The van der Waals surface area contributed by atoms with Crippen molar-refractivity contribution in [1.29, 1.82) is 0 Å². The van der Waals surface area contributed by atoms with E-state index in [0.717, 1.165) is 30.6 Å². The molecule has 3 rings (SSSR count). The highest BCUT2D eigenvalue weighted by Crippen LogP contribution is 2.41. The number of nitrogens with one attached hydrogen (secondary N) is 1. The number of rotatable bonds is 2. The van der Waals surface area contributed by atoms with Crippen LogP contribution in [0.25, 0.3) is 0 Å². The van der Waals surface area contributed by atoms with Crippen molar-refractivity contribution in [3.05, 3.63) is 29.8 Å². The Morgan fingerprint density at radius 1 is 1.21 bits per heavy atom. The van der Waals surface area contributed by atoms with E-state index in [-0.39, 0.29) is 17.9 Å². The second kappa shape index (κ2) is 5.21. The third-order valence-electron chi connectivity index (χ3n) is 4.31. The van der Waals surface area contributed by atoms with E-state index in [0.29, 0.717) is 5.92 Å². The van der Waals surface area contributed by atoms with Crippen LogP contribution in [-0.2, 0) is 9.63 Å². The summed E-state index contributed by atoms with van der Waals surface area (Å²) in [7, 11) is 1.66. The Bertz CT molecular complexity index is 457. The van der Waals surface area contributed by atoms with Gasteiger partial charge in [0.1, 0.15) is 5.75 Å². The maximum atomic E-state index is 11.8. The van der Waals surface area contributed by atoms with E-state index in [1.807, 2.05) is 24.3 Å². The summed E-state index contributed by atoms with van der Waals surface area (Å²) in [4.78, 5) is 17.0. The molecule has 102 valence electrons. The van der Waals surface area contributed by atoms with E-state index in [9.17, 15) is 4.79 Å². The van der Waals surface area contributed by atoms with E-state index in [1.54, 1.807) is 7.11 Å². The van der Waals surface area contributed by atoms with Crippen LogP contribution < -0.4 is 10.2 Å². The van der Waals surface area contributed by atoms with Gasteiger partial charge in [0, 0.05) is 0 Å². The lowest BCUT2D eigenvalue weighted by atomic mass is 9.73. The molecule has 1 saturated carbocycles. The lowest BCUT2D eigenvalue weighted by Gasteiger charge is -2.39. The Morgan fingerprint density at radius 2 is 1.95 bits per heavy atom. The average Bonchev–Trinajstić information content (AvgIpc) is 2.48. The molecule has 1 aromatic rings. The normalized spacial score (nSPS) is 30.4. The summed E-state index contributed by atoms with van der Waals surface area (Å²) in [5, 5.41) is 0. The maximum absolute atomic E-state index is 11.8. The summed E-state index contributed by atoms with van der Waals surface area (Å²) < 4.78 is 5.17. The van der Waals surface area contributed by atoms with Gasteiger partial charge in [-0.2, -0.15) is 0 Å². The molecule has 3 atom stereocenters. The molecule has 0 amide bonds. The summed E-state index contributed by atoms with van der Waals surface area (Å²) in [6, 6.07) is 8.09. The van der Waals surface area contributed by atoms with Crippen LogP contribution in [0.5, 0.6) is 5.75 Å². The third-order valence-corrected chi connectivity index (χ3v) is 4.31. The van der Waals surface area contributed by atoms with Crippen molar-refractivity contribution in [3.8, 4) is 5.75 Å². The fourth-order valence-corrected chi connectivity index (χ4v) is 3.26. The van der Waals surface area contributed by atoms with Crippen molar-refractivity contribution in [2.45, 2.75) is 31.7 Å². The van der Waals surface area contributed by atoms with Gasteiger partial charge in [0.05, 0.1) is 19.1 Å². The molecule has 2 fully saturated rings. The number of carbonyl (C=O) groups excluding carboxylic acids is 1. The maximum Gasteiger partial charge on any atom is 0.328 e. The molecule has 0 spiro atoms. The molecular formula is C15H19NO3. The van der Waals surface area contributed by atoms with Gasteiger partial charge in [-0.15, -0.1) is 5.48 Å². The monoisotopic (exact) mass is 261 g/mol. The molecule has 3 unspecified atom stereocenters. The van der Waals surface area contributed by atoms with Gasteiger partial charge in [0.2, 0.25) is 0 Å². The van der Waals surface area contributed by atoms with Crippen LogP contribution in [0.1, 0.15) is 37.3 Å². The zero-order chi connectivity index (χ0) is 13.2. The highest BCUT2D eigenvalue weighted by molar-refractivity contribution is 5.73. The van der Waals surface area contributed by atoms with Gasteiger partial charge in [-0.3, -0.25) is 4.79 Å². The van der Waals surface area contributed by atoms with Gasteiger partial charge >= 0.3 is 5.97 Å². The Kier molecular flexibility index (Phi) is 3.42. The lowest BCUT2D eigenvalue weighted by molar-refractivity contribution is -0.174. The first-order chi connectivity index (χ1) is 9.29. The Hall–Kier alpha value is -1.55. The summed E-state index contributed by atoms with van der Waals surface area (Å²) in [6.07, 6.45) is 4.37. The second-order valence-corrected chi connectivity index (χ2v) is 5.34. The largest absolute Gasteiger partial charge is 0.497 e. The number of hydrogen-bond acceptors (Lipinski definition) is 4. The highest BCUT2D eigenvalue weighted by Gasteiger charge is 2.42. The quantitative estimate of drug-likeness (QED) is 0.889. The molecule has 2 aliphatic rings. The fraction of sp³-hybridized carbons (Fsp3) is 0.533. The standard InChI is InChI=1S/C15H19NO3/c1-18-11-8-6-10(7-9-11)14-12-4-2-3-5-13(12)15(17)19-16-14/h6-9,12-14,16H,2-5H2,1H3. The van der Waals surface area contributed by atoms with Gasteiger partial charge in [-0.05, 0) is 36.5 Å². The van der Waals surface area contributed by atoms with Crippen LogP contribution in [0.2, 0.25) is 0 Å². The van der Waals surface area contributed by atoms with Crippen LogP contribution in [-0.4, -0.2) is 13.1 Å². The molecule has 0 bridgehead atoms. The van der Waals surface area contributed by atoms with Gasteiger partial charge in [-0.1, -0.05) is 25.0 Å². The molecule has 4 heteroatoms. The SMILES string of the molecule is COc1ccc(C2NOC(=O)C3CCCCC32)cc1. The summed E-state index contributed by atoms with van der Waals surface area (Å²) >= 11 is 0. The number of benzene rings is 1. The summed E-state index contributed by atoms with van der Waals surface area (Å²) in [5.41, 5.74) is 4.09. The highest BCUT2D eigenvalue weighted by atomic mass is 16.7. The Balaban J connectivity index is 1.84. The molecule has 19 heavy (non-hydrogen) atoms. The Labute approximate surface area is 113 Å². The van der Waals surface area contributed by atoms with Crippen molar-refractivity contribution < 1.29 is 14.4 Å². The van der Waals surface area contributed by atoms with Gasteiger partial charge < -0.3 is 9.57 Å². The number of methoxy groups -OCH3 is 1. The van der Waals surface area contributed by atoms with Gasteiger partial charge in [0.25, 0.3) is 0 Å². The van der Waals surface area contributed by atoms with Crippen molar-refractivity contribution in [2.24, 2.45) is 11.8 Å².